The first-order chi connectivity index (χ1) is 10.8. The summed E-state index contributed by atoms with van der Waals surface area (Å²) in [6.07, 6.45) is 18.4. The van der Waals surface area contributed by atoms with Crippen LogP contribution in [0.4, 0.5) is 0 Å². The van der Waals surface area contributed by atoms with Crippen molar-refractivity contribution in [3.05, 3.63) is 0 Å². The highest BCUT2D eigenvalue weighted by Gasteiger charge is 2.14. The van der Waals surface area contributed by atoms with Crippen LogP contribution in [-0.2, 0) is 4.79 Å². The van der Waals surface area contributed by atoms with E-state index in [1.807, 2.05) is 0 Å². The summed E-state index contributed by atoms with van der Waals surface area (Å²) in [5, 5.41) is 4.32. The molecule has 3 heteroatoms. The van der Waals surface area contributed by atoms with Crippen LogP contribution < -0.4 is 5.43 Å². The van der Waals surface area contributed by atoms with Gasteiger partial charge in [0.1, 0.15) is 5.71 Å². The molecule has 0 amide bonds. The fourth-order valence-electron chi connectivity index (χ4n) is 3.00. The molecule has 0 aromatic heterocycles. The van der Waals surface area contributed by atoms with E-state index in [1.165, 1.54) is 70.6 Å². The van der Waals surface area contributed by atoms with Crippen molar-refractivity contribution >= 4 is 11.5 Å². The van der Waals surface area contributed by atoms with Crippen molar-refractivity contribution in [2.75, 3.05) is 6.54 Å². The van der Waals surface area contributed by atoms with Crippen LogP contribution in [0.1, 0.15) is 103 Å². The molecule has 0 bridgehead atoms. The highest BCUT2D eigenvalue weighted by molar-refractivity contribution is 6.39. The lowest BCUT2D eigenvalue weighted by molar-refractivity contribution is -0.113. The predicted octanol–water partition coefficient (Wildman–Crippen LogP) is 5.39. The molecular weight excluding hydrogens is 272 g/mol. The van der Waals surface area contributed by atoms with E-state index in [-0.39, 0.29) is 5.78 Å². The van der Waals surface area contributed by atoms with E-state index >= 15 is 0 Å². The third kappa shape index (κ3) is 9.97. The summed E-state index contributed by atoms with van der Waals surface area (Å²) in [5.74, 6) is 0.257. The fraction of sp³-hybridized carbons (Fsp3) is 0.895. The molecule has 1 fully saturated rings. The summed E-state index contributed by atoms with van der Waals surface area (Å²) in [4.78, 5) is 11.8. The van der Waals surface area contributed by atoms with Gasteiger partial charge in [0.15, 0.2) is 5.78 Å². The standard InChI is InChI=1S/C19H36N2O/c1-2-3-4-5-6-7-8-9-10-14-17-20-21-18-15-12-11-13-16-19(18)22/h20H,2-17H2,1H3. The van der Waals surface area contributed by atoms with Gasteiger partial charge >= 0.3 is 0 Å². The van der Waals surface area contributed by atoms with Gasteiger partial charge in [-0.15, -0.1) is 0 Å². The van der Waals surface area contributed by atoms with Crippen molar-refractivity contribution in [2.45, 2.75) is 103 Å². The number of hydrazone groups is 1. The number of Topliss-reactive ketones (excluding diaryl/α,β-unsaturated/α-hetero) is 1. The molecular formula is C19H36N2O. The lowest BCUT2D eigenvalue weighted by Crippen LogP contribution is -2.18. The zero-order valence-corrected chi connectivity index (χ0v) is 14.7. The zero-order chi connectivity index (χ0) is 15.9. The minimum absolute atomic E-state index is 0.257. The normalized spacial score (nSPS) is 17.7. The lowest BCUT2D eigenvalue weighted by atomic mass is 10.1. The van der Waals surface area contributed by atoms with Gasteiger partial charge in [0.25, 0.3) is 0 Å². The summed E-state index contributed by atoms with van der Waals surface area (Å²) in [5.41, 5.74) is 3.89. The van der Waals surface area contributed by atoms with Gasteiger partial charge in [-0.1, -0.05) is 71.1 Å². The molecule has 0 spiro atoms. The molecule has 0 aromatic rings. The number of carbonyl (C=O) groups is 1. The highest BCUT2D eigenvalue weighted by Crippen LogP contribution is 2.12. The number of rotatable bonds is 12. The maximum atomic E-state index is 11.8. The van der Waals surface area contributed by atoms with Crippen molar-refractivity contribution in [1.82, 2.24) is 5.43 Å². The number of nitrogens with zero attached hydrogens (tertiary/aromatic N) is 1. The molecule has 0 atom stereocenters. The van der Waals surface area contributed by atoms with Crippen LogP contribution in [0.15, 0.2) is 5.10 Å². The maximum absolute atomic E-state index is 11.8. The maximum Gasteiger partial charge on any atom is 0.178 e. The minimum Gasteiger partial charge on any atom is -0.310 e. The number of hydrogen-bond acceptors (Lipinski definition) is 3. The molecule has 3 nitrogen and oxygen atoms in total. The highest BCUT2D eigenvalue weighted by atomic mass is 16.1. The molecule has 0 heterocycles. The summed E-state index contributed by atoms with van der Waals surface area (Å²) in [6.45, 7) is 3.18. The lowest BCUT2D eigenvalue weighted by Gasteiger charge is -2.04. The molecule has 1 N–H and O–H groups in total. The van der Waals surface area contributed by atoms with Gasteiger partial charge in [-0.3, -0.25) is 4.79 Å². The third-order valence-electron chi connectivity index (χ3n) is 4.50. The minimum atomic E-state index is 0.257. The zero-order valence-electron chi connectivity index (χ0n) is 14.7. The summed E-state index contributed by atoms with van der Waals surface area (Å²) < 4.78 is 0. The molecule has 1 aliphatic rings. The molecule has 0 aromatic carbocycles. The first-order valence-corrected chi connectivity index (χ1v) is 9.67. The number of nitrogens with one attached hydrogen (secondary N) is 1. The fourth-order valence-corrected chi connectivity index (χ4v) is 3.00. The van der Waals surface area contributed by atoms with Crippen molar-refractivity contribution in [3.8, 4) is 0 Å². The Hall–Kier alpha value is -0.860. The van der Waals surface area contributed by atoms with Crippen LogP contribution >= 0.6 is 0 Å². The number of hydrogen-bond donors (Lipinski definition) is 1. The van der Waals surface area contributed by atoms with Gasteiger partial charge < -0.3 is 5.43 Å². The van der Waals surface area contributed by atoms with Crippen LogP contribution in [-0.4, -0.2) is 18.0 Å². The summed E-state index contributed by atoms with van der Waals surface area (Å²) in [7, 11) is 0. The van der Waals surface area contributed by atoms with Gasteiger partial charge in [0, 0.05) is 13.0 Å². The molecule has 128 valence electrons. The molecule has 0 saturated heterocycles. The average Bonchev–Trinajstić information content (AvgIpc) is 2.73. The van der Waals surface area contributed by atoms with Crippen molar-refractivity contribution in [3.63, 3.8) is 0 Å². The molecule has 0 radical (unpaired) electrons. The SMILES string of the molecule is CCCCCCCCCCCCNN=C1CCCCCC1=O. The van der Waals surface area contributed by atoms with E-state index in [9.17, 15) is 4.79 Å². The summed E-state index contributed by atoms with van der Waals surface area (Å²) in [6, 6.07) is 0. The van der Waals surface area contributed by atoms with Gasteiger partial charge in [-0.2, -0.15) is 5.10 Å². The summed E-state index contributed by atoms with van der Waals surface area (Å²) >= 11 is 0. The van der Waals surface area contributed by atoms with E-state index in [0.717, 1.165) is 31.5 Å². The first kappa shape index (κ1) is 19.2. The number of carbonyl (C=O) groups excluding carboxylic acids is 1. The van der Waals surface area contributed by atoms with Crippen LogP contribution in [0.25, 0.3) is 0 Å². The Morgan fingerprint density at radius 3 is 2.09 bits per heavy atom. The van der Waals surface area contributed by atoms with Gasteiger partial charge in [0.05, 0.1) is 0 Å². The second-order valence-corrected chi connectivity index (χ2v) is 6.63. The second kappa shape index (κ2) is 13.8. The van der Waals surface area contributed by atoms with E-state index < -0.39 is 0 Å². The molecule has 1 saturated carbocycles. The largest absolute Gasteiger partial charge is 0.310 e. The Kier molecular flexibility index (Phi) is 12.0. The third-order valence-corrected chi connectivity index (χ3v) is 4.50. The Balaban J connectivity index is 1.89. The quantitative estimate of drug-likeness (QED) is 0.298. The van der Waals surface area contributed by atoms with Gasteiger partial charge in [0.2, 0.25) is 0 Å². The van der Waals surface area contributed by atoms with E-state index in [4.69, 9.17) is 0 Å². The van der Waals surface area contributed by atoms with Crippen molar-refractivity contribution < 1.29 is 4.79 Å². The van der Waals surface area contributed by atoms with Crippen LogP contribution in [0.5, 0.6) is 0 Å². The monoisotopic (exact) mass is 308 g/mol. The predicted molar refractivity (Wildman–Crippen MR) is 95.4 cm³/mol. The van der Waals surface area contributed by atoms with Crippen molar-refractivity contribution in [1.29, 1.82) is 0 Å². The van der Waals surface area contributed by atoms with E-state index in [0.29, 0.717) is 6.42 Å². The Morgan fingerprint density at radius 1 is 0.818 bits per heavy atom. The topological polar surface area (TPSA) is 41.5 Å². The molecule has 0 unspecified atom stereocenters. The van der Waals surface area contributed by atoms with Gasteiger partial charge in [-0.05, 0) is 25.7 Å². The van der Waals surface area contributed by atoms with Crippen LogP contribution in [0, 0.1) is 0 Å². The van der Waals surface area contributed by atoms with E-state index in [2.05, 4.69) is 17.5 Å². The first-order valence-electron chi connectivity index (χ1n) is 9.67. The molecule has 22 heavy (non-hydrogen) atoms. The van der Waals surface area contributed by atoms with Gasteiger partial charge in [-0.25, -0.2) is 0 Å². The molecule has 1 aliphatic carbocycles. The van der Waals surface area contributed by atoms with Crippen LogP contribution in [0.3, 0.4) is 0 Å². The number of unbranched alkanes of at least 4 members (excludes halogenated alkanes) is 9. The van der Waals surface area contributed by atoms with Crippen LogP contribution in [0.2, 0.25) is 0 Å². The Morgan fingerprint density at radius 2 is 1.41 bits per heavy atom. The average molecular weight is 309 g/mol. The molecule has 0 aliphatic heterocycles. The smallest absolute Gasteiger partial charge is 0.178 e. The Labute approximate surface area is 137 Å². The van der Waals surface area contributed by atoms with Crippen molar-refractivity contribution in [2.24, 2.45) is 5.10 Å². The Bertz CT molecular complexity index is 313. The molecule has 1 rings (SSSR count). The number of ketones is 1. The van der Waals surface area contributed by atoms with E-state index in [1.54, 1.807) is 0 Å². The second-order valence-electron chi connectivity index (χ2n) is 6.63.